The lowest BCUT2D eigenvalue weighted by molar-refractivity contribution is -0.142. The fourth-order valence-corrected chi connectivity index (χ4v) is 5.53. The molecule has 1 aliphatic heterocycles. The number of halogens is 1. The summed E-state index contributed by atoms with van der Waals surface area (Å²) in [5.74, 6) is -0.0559. The normalized spacial score (nSPS) is 14.0. The van der Waals surface area contributed by atoms with Crippen LogP contribution in [0.3, 0.4) is 0 Å². The summed E-state index contributed by atoms with van der Waals surface area (Å²) in [6.45, 7) is 4.13. The van der Waals surface area contributed by atoms with E-state index in [0.717, 1.165) is 31.9 Å². The number of carbonyl (C=O) groups is 2. The quantitative estimate of drug-likeness (QED) is 0.235. The van der Waals surface area contributed by atoms with Gasteiger partial charge >= 0.3 is 5.97 Å². The number of nitrogens with zero attached hydrogens (tertiary/aromatic N) is 8. The number of hydrogen-bond donors (Lipinski definition) is 2. The van der Waals surface area contributed by atoms with Gasteiger partial charge in [-0.15, -0.1) is 5.10 Å². The minimum Gasteiger partial charge on any atom is -0.482 e. The van der Waals surface area contributed by atoms with Crippen molar-refractivity contribution in [3.63, 3.8) is 0 Å². The molecular weight excluding hydrogens is 576 g/mol. The molecule has 1 amide bonds. The van der Waals surface area contributed by atoms with Crippen molar-refractivity contribution in [3.05, 3.63) is 59.4 Å². The maximum absolute atomic E-state index is 12.6. The van der Waals surface area contributed by atoms with Crippen LogP contribution in [0.4, 0.5) is 11.6 Å². The van der Waals surface area contributed by atoms with Crippen molar-refractivity contribution in [1.82, 2.24) is 34.0 Å². The lowest BCUT2D eigenvalue weighted by Gasteiger charge is -2.36. The summed E-state index contributed by atoms with van der Waals surface area (Å²) in [6, 6.07) is 13.0. The molecule has 15 heteroatoms. The first-order valence-corrected chi connectivity index (χ1v) is 13.9. The summed E-state index contributed by atoms with van der Waals surface area (Å²) in [7, 11) is 1.32. The van der Waals surface area contributed by atoms with E-state index in [1.165, 1.54) is 11.6 Å². The van der Waals surface area contributed by atoms with Crippen LogP contribution in [-0.4, -0.2) is 92.3 Å². The van der Waals surface area contributed by atoms with E-state index in [4.69, 9.17) is 27.8 Å². The molecule has 0 spiro atoms. The molecule has 222 valence electrons. The first kappa shape index (κ1) is 28.2. The zero-order chi connectivity index (χ0) is 30.1. The van der Waals surface area contributed by atoms with E-state index in [9.17, 15) is 9.59 Å². The third kappa shape index (κ3) is 5.49. The van der Waals surface area contributed by atoms with Crippen molar-refractivity contribution in [2.45, 2.75) is 6.54 Å². The Morgan fingerprint density at radius 2 is 1.77 bits per heavy atom. The molecule has 0 radical (unpaired) electrons. The molecule has 1 fully saturated rings. The number of piperazine rings is 1. The predicted molar refractivity (Wildman–Crippen MR) is 160 cm³/mol. The highest BCUT2D eigenvalue weighted by Gasteiger charge is 2.27. The number of pyridine rings is 1. The summed E-state index contributed by atoms with van der Waals surface area (Å²) in [5.41, 5.74) is 14.6. The van der Waals surface area contributed by atoms with Crippen LogP contribution < -0.4 is 21.1 Å². The van der Waals surface area contributed by atoms with E-state index in [0.29, 0.717) is 47.0 Å². The van der Waals surface area contributed by atoms with Crippen molar-refractivity contribution in [1.29, 1.82) is 0 Å². The van der Waals surface area contributed by atoms with Gasteiger partial charge in [0.05, 0.1) is 17.5 Å². The zero-order valence-corrected chi connectivity index (χ0v) is 24.1. The molecule has 4 aromatic heterocycles. The number of amides is 1. The van der Waals surface area contributed by atoms with Gasteiger partial charge in [-0.25, -0.2) is 9.78 Å². The number of primary amides is 1. The minimum absolute atomic E-state index is 0.0962. The Bertz CT molecular complexity index is 1800. The maximum atomic E-state index is 12.6. The van der Waals surface area contributed by atoms with Gasteiger partial charge < -0.3 is 30.4 Å². The monoisotopic (exact) mass is 604 g/mol. The molecule has 43 heavy (non-hydrogen) atoms. The molecule has 4 N–H and O–H groups in total. The number of benzene rings is 1. The molecule has 6 rings (SSSR count). The Kier molecular flexibility index (Phi) is 7.69. The molecule has 5 aromatic rings. The van der Waals surface area contributed by atoms with E-state index in [-0.39, 0.29) is 23.3 Å². The maximum Gasteiger partial charge on any atom is 0.343 e. The first-order valence-electron chi connectivity index (χ1n) is 13.6. The molecule has 5 heterocycles. The number of esters is 1. The Balaban J connectivity index is 1.18. The lowest BCUT2D eigenvalue weighted by Crippen LogP contribution is -2.47. The van der Waals surface area contributed by atoms with Crippen LogP contribution in [0.2, 0.25) is 5.02 Å². The third-order valence-corrected chi connectivity index (χ3v) is 7.74. The second-order valence-corrected chi connectivity index (χ2v) is 10.3. The lowest BCUT2D eigenvalue weighted by atomic mass is 10.2. The summed E-state index contributed by atoms with van der Waals surface area (Å²) >= 11 is 6.75. The van der Waals surface area contributed by atoms with Crippen LogP contribution in [0.1, 0.15) is 10.5 Å². The van der Waals surface area contributed by atoms with Crippen molar-refractivity contribution in [2.24, 2.45) is 5.73 Å². The number of carbonyl (C=O) groups excluding carboxylic acids is 2. The number of fused-ring (bicyclic) bond motifs is 3. The number of anilines is 2. The number of rotatable bonds is 9. The van der Waals surface area contributed by atoms with Gasteiger partial charge in [-0.1, -0.05) is 17.7 Å². The average Bonchev–Trinajstić information content (AvgIpc) is 3.59. The second-order valence-electron chi connectivity index (χ2n) is 9.92. The Hall–Kier alpha value is -4.95. The molecule has 0 unspecified atom stereocenters. The topological polar surface area (TPSA) is 172 Å². The number of nitrogen functional groups attached to an aromatic ring is 1. The molecule has 14 nitrogen and oxygen atoms in total. The first-order chi connectivity index (χ1) is 20.8. The Morgan fingerprint density at radius 1 is 1.00 bits per heavy atom. The fraction of sp³-hybridized carbons (Fsp3) is 0.286. The summed E-state index contributed by atoms with van der Waals surface area (Å²) in [4.78, 5) is 42.0. The molecule has 0 bridgehead atoms. The number of hydrogen-bond acceptors (Lipinski definition) is 11. The van der Waals surface area contributed by atoms with Crippen molar-refractivity contribution >= 4 is 51.8 Å². The standard InChI is InChI=1S/C28H29ClN10O4/c1-42-20(40)16-43-18-7-5-17(6-8-18)37-13-10-36(11-14-37)12-15-38-23(24(30)41)22(29)21-26(38)34-28(31)39-27(21)33-25(35-39)19-4-2-3-9-32-19/h2-9H,10-16H2,1H3,(H2,30,41)(H2,31,34). The smallest absolute Gasteiger partial charge is 0.343 e. The molecule has 0 aliphatic carbocycles. The predicted octanol–water partition coefficient (Wildman–Crippen LogP) is 1.85. The van der Waals surface area contributed by atoms with E-state index in [1.807, 2.05) is 30.3 Å². The van der Waals surface area contributed by atoms with Crippen LogP contribution in [0.15, 0.2) is 48.7 Å². The highest BCUT2D eigenvalue weighted by atomic mass is 35.5. The molecule has 0 saturated carbocycles. The number of methoxy groups -OCH3 is 1. The minimum atomic E-state index is -0.673. The molecule has 1 saturated heterocycles. The zero-order valence-electron chi connectivity index (χ0n) is 23.3. The van der Waals surface area contributed by atoms with Crippen LogP contribution in [0.5, 0.6) is 5.75 Å². The average molecular weight is 605 g/mol. The number of aromatic nitrogens is 6. The summed E-state index contributed by atoms with van der Waals surface area (Å²) in [5, 5.41) is 5.07. The van der Waals surface area contributed by atoms with Gasteiger partial charge in [0.25, 0.3) is 5.91 Å². The Labute approximate surface area is 250 Å². The van der Waals surface area contributed by atoms with Crippen molar-refractivity contribution < 1.29 is 19.1 Å². The van der Waals surface area contributed by atoms with Crippen LogP contribution in [0.25, 0.3) is 28.2 Å². The highest BCUT2D eigenvalue weighted by molar-refractivity contribution is 6.40. The van der Waals surface area contributed by atoms with Gasteiger partial charge in [-0.2, -0.15) is 9.50 Å². The highest BCUT2D eigenvalue weighted by Crippen LogP contribution is 2.34. The van der Waals surface area contributed by atoms with Gasteiger partial charge in [0, 0.05) is 51.2 Å². The van der Waals surface area contributed by atoms with E-state index in [2.05, 4.69) is 34.6 Å². The largest absolute Gasteiger partial charge is 0.482 e. The van der Waals surface area contributed by atoms with Gasteiger partial charge in [0.1, 0.15) is 22.8 Å². The fourth-order valence-electron chi connectivity index (χ4n) is 5.17. The number of nitrogens with two attached hydrogens (primary N) is 2. The third-order valence-electron chi connectivity index (χ3n) is 7.37. The number of ether oxygens (including phenoxy) is 2. The van der Waals surface area contributed by atoms with Crippen molar-refractivity contribution in [2.75, 3.05) is 57.1 Å². The second kappa shape index (κ2) is 11.7. The van der Waals surface area contributed by atoms with Gasteiger partial charge in [-0.05, 0) is 36.4 Å². The molecule has 1 aromatic carbocycles. The Morgan fingerprint density at radius 3 is 2.44 bits per heavy atom. The summed E-state index contributed by atoms with van der Waals surface area (Å²) < 4.78 is 13.1. The van der Waals surface area contributed by atoms with Crippen LogP contribution in [0, 0.1) is 0 Å². The summed E-state index contributed by atoms with van der Waals surface area (Å²) in [6.07, 6.45) is 1.65. The SMILES string of the molecule is COC(=O)COc1ccc(N2CCN(CCn3c(C(N)=O)c(Cl)c4c3nc(N)n3nc(-c5ccccn5)nc43)CC2)cc1. The van der Waals surface area contributed by atoms with E-state index >= 15 is 0 Å². The molecular formula is C28H29ClN10O4. The van der Waals surface area contributed by atoms with Gasteiger partial charge in [0.15, 0.2) is 12.3 Å². The van der Waals surface area contributed by atoms with Gasteiger partial charge in [0.2, 0.25) is 11.8 Å². The molecule has 0 atom stereocenters. The van der Waals surface area contributed by atoms with Crippen LogP contribution >= 0.6 is 11.6 Å². The van der Waals surface area contributed by atoms with Crippen molar-refractivity contribution in [3.8, 4) is 17.3 Å². The van der Waals surface area contributed by atoms with E-state index < -0.39 is 11.9 Å². The molecule has 1 aliphatic rings. The van der Waals surface area contributed by atoms with E-state index in [1.54, 1.807) is 22.9 Å². The van der Waals surface area contributed by atoms with Crippen LogP contribution in [-0.2, 0) is 16.1 Å². The van der Waals surface area contributed by atoms with Gasteiger partial charge in [-0.3, -0.25) is 14.7 Å².